The van der Waals surface area contributed by atoms with Gasteiger partial charge in [-0.1, -0.05) is 38.0 Å². The topological polar surface area (TPSA) is 76.4 Å². The Hall–Kier alpha value is -2.08. The van der Waals surface area contributed by atoms with Crippen molar-refractivity contribution in [1.82, 2.24) is 5.32 Å². The van der Waals surface area contributed by atoms with Crippen molar-refractivity contribution in [2.24, 2.45) is 5.92 Å². The lowest BCUT2D eigenvalue weighted by Crippen LogP contribution is -2.40. The van der Waals surface area contributed by atoms with Crippen LogP contribution >= 0.6 is 0 Å². The Labute approximate surface area is 148 Å². The summed E-state index contributed by atoms with van der Waals surface area (Å²) in [6.07, 6.45) is 4.41. The molecule has 2 atom stereocenters. The number of hydrogen-bond acceptors (Lipinski definition) is 4. The van der Waals surface area contributed by atoms with Gasteiger partial charge in [-0.3, -0.25) is 4.79 Å². The van der Waals surface area contributed by atoms with Gasteiger partial charge < -0.3 is 9.73 Å². The fraction of sp³-hybridized carbons (Fsp3) is 0.421. The van der Waals surface area contributed by atoms with Crippen molar-refractivity contribution in [1.29, 1.82) is 0 Å². The molecule has 1 aliphatic carbocycles. The molecule has 1 heterocycles. The minimum Gasteiger partial charge on any atom is -0.455 e. The minimum atomic E-state index is -3.49. The van der Waals surface area contributed by atoms with E-state index in [1.807, 2.05) is 0 Å². The highest BCUT2D eigenvalue weighted by Crippen LogP contribution is 2.24. The molecular formula is C19H23NO4S. The van der Waals surface area contributed by atoms with Gasteiger partial charge in [0.15, 0.2) is 15.6 Å². The van der Waals surface area contributed by atoms with Crippen LogP contribution in [-0.4, -0.2) is 20.4 Å². The van der Waals surface area contributed by atoms with Crippen LogP contribution in [0.4, 0.5) is 0 Å². The van der Waals surface area contributed by atoms with Crippen LogP contribution in [0.25, 0.3) is 0 Å². The summed E-state index contributed by atoms with van der Waals surface area (Å²) in [5, 5.41) is 3.01. The summed E-state index contributed by atoms with van der Waals surface area (Å²) >= 11 is 0. The van der Waals surface area contributed by atoms with Crippen molar-refractivity contribution >= 4 is 15.7 Å². The first-order valence-corrected chi connectivity index (χ1v) is 10.3. The third-order valence-corrected chi connectivity index (χ3v) is 6.40. The summed E-state index contributed by atoms with van der Waals surface area (Å²) in [6, 6.07) is 11.5. The average molecular weight is 361 g/mol. The van der Waals surface area contributed by atoms with Gasteiger partial charge in [-0.25, -0.2) is 8.42 Å². The van der Waals surface area contributed by atoms with Crippen molar-refractivity contribution < 1.29 is 17.6 Å². The molecule has 0 aliphatic heterocycles. The zero-order valence-electron chi connectivity index (χ0n) is 14.3. The van der Waals surface area contributed by atoms with Gasteiger partial charge in [0.2, 0.25) is 0 Å². The first-order valence-electron chi connectivity index (χ1n) is 8.63. The number of furan rings is 1. The lowest BCUT2D eigenvalue weighted by molar-refractivity contribution is 0.0880. The summed E-state index contributed by atoms with van der Waals surface area (Å²) in [5.74, 6) is 0.346. The molecule has 1 aromatic carbocycles. The summed E-state index contributed by atoms with van der Waals surface area (Å²) in [4.78, 5) is 12.6. The zero-order chi connectivity index (χ0) is 17.9. The van der Waals surface area contributed by atoms with Crippen LogP contribution in [0.1, 0.15) is 48.9 Å². The molecular weight excluding hydrogens is 338 g/mol. The van der Waals surface area contributed by atoms with Crippen molar-refractivity contribution in [3.05, 3.63) is 54.0 Å². The number of carbonyl (C=O) groups excluding carboxylic acids is 1. The van der Waals surface area contributed by atoms with E-state index in [4.69, 9.17) is 4.42 Å². The van der Waals surface area contributed by atoms with E-state index in [1.54, 1.807) is 42.5 Å². The highest BCUT2D eigenvalue weighted by molar-refractivity contribution is 7.90. The number of hydrogen-bond donors (Lipinski definition) is 1. The van der Waals surface area contributed by atoms with Gasteiger partial charge in [0.05, 0.1) is 4.90 Å². The molecule has 2 aromatic rings. The zero-order valence-corrected chi connectivity index (χ0v) is 15.1. The molecule has 134 valence electrons. The van der Waals surface area contributed by atoms with Crippen LogP contribution in [0.5, 0.6) is 0 Å². The molecule has 1 aromatic heterocycles. The second-order valence-electron chi connectivity index (χ2n) is 6.68. The highest BCUT2D eigenvalue weighted by Gasteiger charge is 2.25. The first-order chi connectivity index (χ1) is 12.0. The molecule has 1 saturated carbocycles. The summed E-state index contributed by atoms with van der Waals surface area (Å²) in [6.45, 7) is 2.14. The largest absolute Gasteiger partial charge is 0.455 e. The van der Waals surface area contributed by atoms with E-state index in [9.17, 15) is 13.2 Å². The van der Waals surface area contributed by atoms with E-state index in [0.717, 1.165) is 19.3 Å². The molecule has 25 heavy (non-hydrogen) atoms. The number of amides is 1. The molecule has 0 radical (unpaired) electrons. The van der Waals surface area contributed by atoms with Crippen LogP contribution in [0.15, 0.2) is 51.8 Å². The minimum absolute atomic E-state index is 0.155. The smallest absolute Gasteiger partial charge is 0.287 e. The molecule has 0 saturated heterocycles. The van der Waals surface area contributed by atoms with Crippen LogP contribution in [0.3, 0.4) is 0 Å². The number of rotatable bonds is 5. The van der Waals surface area contributed by atoms with Crippen LogP contribution in [0.2, 0.25) is 0 Å². The van der Waals surface area contributed by atoms with Gasteiger partial charge in [0.25, 0.3) is 5.91 Å². The molecule has 1 N–H and O–H groups in total. The quantitative estimate of drug-likeness (QED) is 0.883. The van der Waals surface area contributed by atoms with Gasteiger partial charge in [-0.2, -0.15) is 0 Å². The molecule has 1 amide bonds. The maximum absolute atomic E-state index is 12.4. The molecule has 3 rings (SSSR count). The fourth-order valence-corrected chi connectivity index (χ4v) is 4.51. The Bertz CT molecular complexity index is 826. The monoisotopic (exact) mass is 361 g/mol. The number of benzene rings is 1. The van der Waals surface area contributed by atoms with E-state index in [-0.39, 0.29) is 34.1 Å². The predicted octanol–water partition coefficient (Wildman–Crippen LogP) is 3.56. The Balaban J connectivity index is 1.67. The lowest BCUT2D eigenvalue weighted by atomic mass is 9.86. The van der Waals surface area contributed by atoms with E-state index in [2.05, 4.69) is 12.2 Å². The number of carbonyl (C=O) groups is 1. The van der Waals surface area contributed by atoms with Crippen molar-refractivity contribution in [3.63, 3.8) is 0 Å². The van der Waals surface area contributed by atoms with E-state index in [1.165, 1.54) is 6.42 Å². The predicted molar refractivity (Wildman–Crippen MR) is 94.9 cm³/mol. The number of nitrogens with one attached hydrogen (secondary N) is 1. The summed E-state index contributed by atoms with van der Waals surface area (Å²) in [7, 11) is -3.49. The maximum atomic E-state index is 12.4. The molecule has 0 bridgehead atoms. The average Bonchev–Trinajstić information content (AvgIpc) is 3.06. The highest BCUT2D eigenvalue weighted by atomic mass is 32.2. The Morgan fingerprint density at radius 1 is 1.12 bits per heavy atom. The lowest BCUT2D eigenvalue weighted by Gasteiger charge is -2.29. The number of sulfone groups is 1. The van der Waals surface area contributed by atoms with Gasteiger partial charge in [-0.15, -0.1) is 0 Å². The van der Waals surface area contributed by atoms with Crippen LogP contribution < -0.4 is 5.32 Å². The third kappa shape index (κ3) is 4.31. The van der Waals surface area contributed by atoms with E-state index in [0.29, 0.717) is 5.92 Å². The van der Waals surface area contributed by atoms with Crippen molar-refractivity contribution in [2.75, 3.05) is 0 Å². The first kappa shape index (κ1) is 17.7. The summed E-state index contributed by atoms with van der Waals surface area (Å²) in [5.41, 5.74) is 0. The van der Waals surface area contributed by atoms with E-state index >= 15 is 0 Å². The van der Waals surface area contributed by atoms with Crippen LogP contribution in [-0.2, 0) is 15.6 Å². The second-order valence-corrected chi connectivity index (χ2v) is 8.67. The molecule has 2 unspecified atom stereocenters. The summed E-state index contributed by atoms with van der Waals surface area (Å²) < 4.78 is 30.2. The molecule has 5 nitrogen and oxygen atoms in total. The molecule has 0 spiro atoms. The van der Waals surface area contributed by atoms with Gasteiger partial charge in [-0.05, 0) is 43.0 Å². The molecule has 6 heteroatoms. The molecule has 1 fully saturated rings. The normalized spacial score (nSPS) is 21.0. The Kier molecular flexibility index (Phi) is 5.27. The van der Waals surface area contributed by atoms with Gasteiger partial charge in [0.1, 0.15) is 11.5 Å². The second kappa shape index (κ2) is 7.44. The van der Waals surface area contributed by atoms with Crippen LogP contribution in [0, 0.1) is 5.92 Å². The molecule has 1 aliphatic rings. The standard InChI is InChI=1S/C19H23NO4S/c1-14-7-5-6-10-17(14)20-19(21)18-12-11-15(24-18)13-25(22,23)16-8-3-2-4-9-16/h2-4,8-9,11-12,14,17H,5-7,10,13H2,1H3,(H,20,21). The fourth-order valence-electron chi connectivity index (χ4n) is 3.25. The Morgan fingerprint density at radius 2 is 1.84 bits per heavy atom. The maximum Gasteiger partial charge on any atom is 0.287 e. The van der Waals surface area contributed by atoms with Crippen molar-refractivity contribution in [2.45, 2.75) is 49.3 Å². The third-order valence-electron chi connectivity index (χ3n) is 4.75. The van der Waals surface area contributed by atoms with Gasteiger partial charge in [0, 0.05) is 6.04 Å². The van der Waals surface area contributed by atoms with Crippen molar-refractivity contribution in [3.8, 4) is 0 Å². The van der Waals surface area contributed by atoms with Gasteiger partial charge >= 0.3 is 0 Å². The Morgan fingerprint density at radius 3 is 2.56 bits per heavy atom. The van der Waals surface area contributed by atoms with E-state index < -0.39 is 9.84 Å². The SMILES string of the molecule is CC1CCCCC1NC(=O)c1ccc(CS(=O)(=O)c2ccccc2)o1.